The lowest BCUT2D eigenvalue weighted by molar-refractivity contribution is -0.126. The van der Waals surface area contributed by atoms with Gasteiger partial charge in [-0.3, -0.25) is 9.78 Å². The van der Waals surface area contributed by atoms with E-state index in [1.54, 1.807) is 12.4 Å². The average molecular weight is 346 g/mol. The molecule has 1 aromatic heterocycles. The summed E-state index contributed by atoms with van der Waals surface area (Å²) in [6.07, 6.45) is 5.33. The van der Waals surface area contributed by atoms with Crippen molar-refractivity contribution in [1.29, 1.82) is 0 Å². The molecule has 1 aromatic carbocycles. The Balaban J connectivity index is 0.00000208. The van der Waals surface area contributed by atoms with Crippen LogP contribution in [0.5, 0.6) is 0 Å². The number of amides is 1. The Hall–Kier alpha value is -1.91. The largest absolute Gasteiger partial charge is 0.345 e. The molecule has 2 heterocycles. The second-order valence-electron chi connectivity index (χ2n) is 6.21. The van der Waals surface area contributed by atoms with Crippen LogP contribution in [-0.2, 0) is 4.79 Å². The maximum absolute atomic E-state index is 12.7. The van der Waals surface area contributed by atoms with Crippen molar-refractivity contribution in [3.8, 4) is 0 Å². The molecule has 24 heavy (non-hydrogen) atoms. The molecule has 1 saturated heterocycles. The van der Waals surface area contributed by atoms with E-state index >= 15 is 0 Å². The number of benzene rings is 1. The zero-order valence-corrected chi connectivity index (χ0v) is 14.6. The molecule has 0 radical (unpaired) electrons. The Kier molecular flexibility index (Phi) is 6.76. The number of nitrogens with one attached hydrogen (secondary N) is 2. The molecule has 5 heteroatoms. The van der Waals surface area contributed by atoms with Crippen molar-refractivity contribution in [1.82, 2.24) is 15.6 Å². The van der Waals surface area contributed by atoms with Gasteiger partial charge in [-0.2, -0.15) is 0 Å². The number of pyridine rings is 1. The van der Waals surface area contributed by atoms with Crippen molar-refractivity contribution in [2.45, 2.75) is 31.8 Å². The van der Waals surface area contributed by atoms with Crippen molar-refractivity contribution in [3.63, 3.8) is 0 Å². The molecule has 3 rings (SSSR count). The van der Waals surface area contributed by atoms with E-state index in [9.17, 15) is 4.79 Å². The molecule has 4 nitrogen and oxygen atoms in total. The topological polar surface area (TPSA) is 54.0 Å². The fraction of sp³-hybridized carbons (Fsp3) is 0.368. The first-order valence-corrected chi connectivity index (χ1v) is 8.22. The second kappa shape index (κ2) is 8.81. The SMILES string of the molecule is C[C@H]1C[C@@H](C(=O)NC(c2ccccc2)c2ccncc2)CCN1.Cl. The molecular weight excluding hydrogens is 322 g/mol. The maximum atomic E-state index is 12.7. The molecule has 1 unspecified atom stereocenters. The first-order chi connectivity index (χ1) is 11.2. The molecule has 1 aliphatic heterocycles. The highest BCUT2D eigenvalue weighted by Gasteiger charge is 2.27. The van der Waals surface area contributed by atoms with Gasteiger partial charge in [0.05, 0.1) is 6.04 Å². The van der Waals surface area contributed by atoms with Crippen LogP contribution < -0.4 is 10.6 Å². The number of piperidine rings is 1. The van der Waals surface area contributed by atoms with Gasteiger partial charge in [0.1, 0.15) is 0 Å². The minimum absolute atomic E-state index is 0. The molecule has 0 aliphatic carbocycles. The van der Waals surface area contributed by atoms with Crippen molar-refractivity contribution in [3.05, 3.63) is 66.0 Å². The zero-order valence-electron chi connectivity index (χ0n) is 13.8. The Morgan fingerprint density at radius 2 is 1.83 bits per heavy atom. The number of carbonyl (C=O) groups excluding carboxylic acids is 1. The third-order valence-corrected chi connectivity index (χ3v) is 4.45. The number of hydrogen-bond acceptors (Lipinski definition) is 3. The van der Waals surface area contributed by atoms with Crippen LogP contribution in [0.15, 0.2) is 54.9 Å². The van der Waals surface area contributed by atoms with Gasteiger partial charge in [-0.1, -0.05) is 30.3 Å². The number of carbonyl (C=O) groups is 1. The van der Waals surface area contributed by atoms with Gasteiger partial charge in [-0.25, -0.2) is 0 Å². The Bertz CT molecular complexity index is 596. The molecule has 3 atom stereocenters. The van der Waals surface area contributed by atoms with Gasteiger partial charge < -0.3 is 10.6 Å². The van der Waals surface area contributed by atoms with Crippen LogP contribution >= 0.6 is 12.4 Å². The zero-order chi connectivity index (χ0) is 16.1. The van der Waals surface area contributed by atoms with Crippen LogP contribution in [0, 0.1) is 5.92 Å². The van der Waals surface area contributed by atoms with E-state index in [1.807, 2.05) is 30.3 Å². The van der Waals surface area contributed by atoms with Gasteiger partial charge in [0, 0.05) is 24.4 Å². The molecular formula is C19H24ClN3O. The molecule has 2 aromatic rings. The summed E-state index contributed by atoms with van der Waals surface area (Å²) in [6.45, 7) is 3.04. The summed E-state index contributed by atoms with van der Waals surface area (Å²) in [7, 11) is 0. The molecule has 0 saturated carbocycles. The lowest BCUT2D eigenvalue weighted by Crippen LogP contribution is -2.43. The molecule has 1 aliphatic rings. The number of hydrogen-bond donors (Lipinski definition) is 2. The number of rotatable bonds is 4. The Morgan fingerprint density at radius 3 is 2.50 bits per heavy atom. The molecule has 0 spiro atoms. The summed E-state index contributed by atoms with van der Waals surface area (Å²) < 4.78 is 0. The highest BCUT2D eigenvalue weighted by Crippen LogP contribution is 2.24. The fourth-order valence-electron chi connectivity index (χ4n) is 3.19. The summed E-state index contributed by atoms with van der Waals surface area (Å²) in [5, 5.41) is 6.64. The van der Waals surface area contributed by atoms with E-state index in [4.69, 9.17) is 0 Å². The van der Waals surface area contributed by atoms with Gasteiger partial charge in [-0.05, 0) is 49.6 Å². The van der Waals surface area contributed by atoms with E-state index in [1.165, 1.54) is 0 Å². The second-order valence-corrected chi connectivity index (χ2v) is 6.21. The van der Waals surface area contributed by atoms with Gasteiger partial charge in [0.25, 0.3) is 0 Å². The van der Waals surface area contributed by atoms with Crippen LogP contribution in [0.25, 0.3) is 0 Å². The maximum Gasteiger partial charge on any atom is 0.223 e. The van der Waals surface area contributed by atoms with E-state index in [-0.39, 0.29) is 30.3 Å². The Morgan fingerprint density at radius 1 is 1.17 bits per heavy atom. The van der Waals surface area contributed by atoms with Crippen molar-refractivity contribution in [2.24, 2.45) is 5.92 Å². The van der Waals surface area contributed by atoms with E-state index in [0.717, 1.165) is 30.5 Å². The Labute approximate surface area is 149 Å². The molecule has 2 N–H and O–H groups in total. The van der Waals surface area contributed by atoms with Gasteiger partial charge >= 0.3 is 0 Å². The number of nitrogens with zero attached hydrogens (tertiary/aromatic N) is 1. The number of halogens is 1. The first kappa shape index (κ1) is 18.4. The normalized spacial score (nSPS) is 21.4. The first-order valence-electron chi connectivity index (χ1n) is 8.22. The van der Waals surface area contributed by atoms with Crippen LogP contribution in [-0.4, -0.2) is 23.5 Å². The van der Waals surface area contributed by atoms with Crippen LogP contribution in [0.2, 0.25) is 0 Å². The summed E-state index contributed by atoms with van der Waals surface area (Å²) in [5.41, 5.74) is 2.15. The summed E-state index contributed by atoms with van der Waals surface area (Å²) in [6, 6.07) is 14.3. The number of aromatic nitrogens is 1. The van der Waals surface area contributed by atoms with Gasteiger partial charge in [-0.15, -0.1) is 12.4 Å². The highest BCUT2D eigenvalue weighted by atomic mass is 35.5. The average Bonchev–Trinajstić information content (AvgIpc) is 2.61. The smallest absolute Gasteiger partial charge is 0.223 e. The van der Waals surface area contributed by atoms with Crippen molar-refractivity contribution < 1.29 is 4.79 Å². The lowest BCUT2D eigenvalue weighted by atomic mass is 9.91. The van der Waals surface area contributed by atoms with Crippen LogP contribution in [0.1, 0.15) is 36.9 Å². The predicted octanol–water partition coefficient (Wildman–Crippen LogP) is 3.10. The highest BCUT2D eigenvalue weighted by molar-refractivity contribution is 5.85. The minimum atomic E-state index is -0.128. The van der Waals surface area contributed by atoms with Crippen LogP contribution in [0.4, 0.5) is 0 Å². The predicted molar refractivity (Wildman–Crippen MR) is 98.1 cm³/mol. The van der Waals surface area contributed by atoms with E-state index in [2.05, 4.69) is 34.7 Å². The van der Waals surface area contributed by atoms with Gasteiger partial charge in [0.2, 0.25) is 5.91 Å². The van der Waals surface area contributed by atoms with E-state index < -0.39 is 0 Å². The molecule has 0 bridgehead atoms. The summed E-state index contributed by atoms with van der Waals surface area (Å²) >= 11 is 0. The monoisotopic (exact) mass is 345 g/mol. The molecule has 128 valence electrons. The van der Waals surface area contributed by atoms with E-state index in [0.29, 0.717) is 6.04 Å². The third-order valence-electron chi connectivity index (χ3n) is 4.45. The minimum Gasteiger partial charge on any atom is -0.345 e. The quantitative estimate of drug-likeness (QED) is 0.895. The summed E-state index contributed by atoms with van der Waals surface area (Å²) in [4.78, 5) is 16.8. The fourth-order valence-corrected chi connectivity index (χ4v) is 3.19. The van der Waals surface area contributed by atoms with Crippen molar-refractivity contribution in [2.75, 3.05) is 6.54 Å². The van der Waals surface area contributed by atoms with Crippen molar-refractivity contribution >= 4 is 18.3 Å². The van der Waals surface area contributed by atoms with Crippen LogP contribution in [0.3, 0.4) is 0 Å². The lowest BCUT2D eigenvalue weighted by Gasteiger charge is -2.29. The third kappa shape index (κ3) is 4.56. The molecule has 1 fully saturated rings. The summed E-state index contributed by atoms with van der Waals surface area (Å²) in [5.74, 6) is 0.225. The standard InChI is InChI=1S/C19H23N3O.ClH/c1-14-13-17(9-12-21-14)19(23)22-18(15-5-3-2-4-6-15)16-7-10-20-11-8-16;/h2-8,10-11,14,17-18,21H,9,12-13H2,1H3,(H,22,23);1H/t14-,17-,18?;/m0./s1. The van der Waals surface area contributed by atoms with Gasteiger partial charge in [0.15, 0.2) is 0 Å². The molecule has 1 amide bonds.